The number of amides is 1. The number of halogens is 1. The molecule has 2 aromatic carbocycles. The highest BCUT2D eigenvalue weighted by molar-refractivity contribution is 6.07. The number of carbonyl (C=O) groups excluding carboxylic acids is 1. The first kappa shape index (κ1) is 17.5. The molecule has 3 rings (SSSR count). The third kappa shape index (κ3) is 3.85. The predicted octanol–water partition coefficient (Wildman–Crippen LogP) is 3.11. The van der Waals surface area contributed by atoms with E-state index in [0.717, 1.165) is 5.56 Å². The molecule has 0 fully saturated rings. The van der Waals surface area contributed by atoms with Gasteiger partial charge in [-0.2, -0.15) is 0 Å². The minimum absolute atomic E-state index is 0.151. The molecule has 1 unspecified atom stereocenters. The monoisotopic (exact) mass is 352 g/mol. The van der Waals surface area contributed by atoms with Gasteiger partial charge in [0, 0.05) is 17.5 Å². The molecule has 26 heavy (non-hydrogen) atoms. The third-order valence-electron chi connectivity index (χ3n) is 4.03. The molecule has 5 nitrogen and oxygen atoms in total. The molecule has 132 valence electrons. The van der Waals surface area contributed by atoms with Gasteiger partial charge < -0.3 is 10.4 Å². The Morgan fingerprint density at radius 1 is 1.15 bits per heavy atom. The molecule has 0 aliphatic rings. The lowest BCUT2D eigenvalue weighted by Gasteiger charge is -2.16. The fourth-order valence-corrected chi connectivity index (χ4v) is 2.80. The molecular weight excluding hydrogens is 335 g/mol. The van der Waals surface area contributed by atoms with E-state index in [1.54, 1.807) is 31.2 Å². The molecule has 0 aliphatic heterocycles. The molecule has 0 spiro atoms. The van der Waals surface area contributed by atoms with E-state index >= 15 is 0 Å². The topological polar surface area (TPSA) is 79.3 Å². The highest BCUT2D eigenvalue weighted by atomic mass is 19.1. The van der Waals surface area contributed by atoms with Crippen LogP contribution in [0.25, 0.3) is 10.9 Å². The van der Waals surface area contributed by atoms with Crippen molar-refractivity contribution in [1.29, 1.82) is 0 Å². The van der Waals surface area contributed by atoms with Crippen LogP contribution < -0.4 is 5.32 Å². The molecule has 1 amide bonds. The molecule has 0 bridgehead atoms. The number of fused-ring (bicyclic) bond motifs is 1. The number of carboxylic acids is 1. The summed E-state index contributed by atoms with van der Waals surface area (Å²) in [5.41, 5.74) is 2.06. The Labute approximate surface area is 149 Å². The van der Waals surface area contributed by atoms with Gasteiger partial charge in [-0.15, -0.1) is 0 Å². The van der Waals surface area contributed by atoms with Gasteiger partial charge in [0.05, 0.1) is 11.1 Å². The maximum atomic E-state index is 13.6. The van der Waals surface area contributed by atoms with Gasteiger partial charge in [0.2, 0.25) is 0 Å². The van der Waals surface area contributed by atoms with Crippen LogP contribution in [0.5, 0.6) is 0 Å². The van der Waals surface area contributed by atoms with Crippen molar-refractivity contribution in [3.63, 3.8) is 0 Å². The summed E-state index contributed by atoms with van der Waals surface area (Å²) in [5.74, 6) is -2.20. The number of aliphatic carboxylic acids is 1. The highest BCUT2D eigenvalue weighted by Crippen LogP contribution is 2.20. The molecule has 2 N–H and O–H groups in total. The number of aromatic nitrogens is 1. The number of nitrogens with one attached hydrogen (secondary N) is 1. The van der Waals surface area contributed by atoms with Gasteiger partial charge in [-0.05, 0) is 36.8 Å². The third-order valence-corrected chi connectivity index (χ3v) is 4.03. The zero-order valence-corrected chi connectivity index (χ0v) is 14.1. The molecule has 1 heterocycles. The van der Waals surface area contributed by atoms with E-state index < -0.39 is 23.7 Å². The van der Waals surface area contributed by atoms with Crippen LogP contribution in [-0.4, -0.2) is 28.0 Å². The van der Waals surface area contributed by atoms with Crippen molar-refractivity contribution >= 4 is 22.8 Å². The standard InChI is InChI=1S/C20H17FN2O3/c1-12-9-16(15-11-14(21)7-8-17(15)22-12)19(24)23-18(20(25)26)10-13-5-3-2-4-6-13/h2-9,11,18H,10H2,1H3,(H,23,24)(H,25,26). The Hall–Kier alpha value is -3.28. The van der Waals surface area contributed by atoms with Crippen LogP contribution in [0.15, 0.2) is 54.6 Å². The first-order valence-corrected chi connectivity index (χ1v) is 8.08. The van der Waals surface area contributed by atoms with Gasteiger partial charge in [0.1, 0.15) is 11.9 Å². The van der Waals surface area contributed by atoms with Crippen molar-refractivity contribution in [3.05, 3.63) is 77.2 Å². The Morgan fingerprint density at radius 3 is 2.58 bits per heavy atom. The van der Waals surface area contributed by atoms with Gasteiger partial charge in [-0.25, -0.2) is 9.18 Å². The average molecular weight is 352 g/mol. The van der Waals surface area contributed by atoms with Crippen molar-refractivity contribution in [3.8, 4) is 0 Å². The van der Waals surface area contributed by atoms with E-state index in [4.69, 9.17) is 0 Å². The minimum Gasteiger partial charge on any atom is -0.480 e. The molecule has 1 atom stereocenters. The summed E-state index contributed by atoms with van der Waals surface area (Å²) in [6, 6.07) is 13.4. The summed E-state index contributed by atoms with van der Waals surface area (Å²) < 4.78 is 13.6. The van der Waals surface area contributed by atoms with Crippen molar-refractivity contribution in [2.24, 2.45) is 0 Å². The van der Waals surface area contributed by atoms with Crippen molar-refractivity contribution in [2.75, 3.05) is 0 Å². The number of rotatable bonds is 5. The Bertz CT molecular complexity index is 973. The summed E-state index contributed by atoms with van der Waals surface area (Å²) in [5, 5.41) is 12.3. The van der Waals surface area contributed by atoms with E-state index in [1.807, 2.05) is 6.07 Å². The van der Waals surface area contributed by atoms with Gasteiger partial charge >= 0.3 is 5.97 Å². The van der Waals surface area contributed by atoms with Crippen LogP contribution >= 0.6 is 0 Å². The fourth-order valence-electron chi connectivity index (χ4n) is 2.80. The number of hydrogen-bond donors (Lipinski definition) is 2. The lowest BCUT2D eigenvalue weighted by Crippen LogP contribution is -2.42. The molecule has 1 aromatic heterocycles. The van der Waals surface area contributed by atoms with Crippen LogP contribution in [0, 0.1) is 12.7 Å². The van der Waals surface area contributed by atoms with Crippen LogP contribution in [0.4, 0.5) is 4.39 Å². The Balaban J connectivity index is 1.91. The number of carboxylic acid groups (broad SMARTS) is 1. The molecular formula is C20H17FN2O3. The number of benzene rings is 2. The smallest absolute Gasteiger partial charge is 0.326 e. The maximum Gasteiger partial charge on any atom is 0.326 e. The van der Waals surface area contributed by atoms with Gasteiger partial charge in [0.15, 0.2) is 0 Å². The van der Waals surface area contributed by atoms with Crippen LogP contribution in [0.1, 0.15) is 21.6 Å². The summed E-state index contributed by atoms with van der Waals surface area (Å²) in [4.78, 5) is 28.5. The lowest BCUT2D eigenvalue weighted by molar-refractivity contribution is -0.139. The normalized spacial score (nSPS) is 11.9. The Morgan fingerprint density at radius 2 is 1.88 bits per heavy atom. The first-order valence-electron chi connectivity index (χ1n) is 8.08. The fraction of sp³-hybridized carbons (Fsp3) is 0.150. The van der Waals surface area contributed by atoms with E-state index in [1.165, 1.54) is 24.3 Å². The number of pyridine rings is 1. The van der Waals surface area contributed by atoms with E-state index in [9.17, 15) is 19.1 Å². The minimum atomic E-state index is -1.14. The van der Waals surface area contributed by atoms with E-state index in [-0.39, 0.29) is 12.0 Å². The molecule has 3 aromatic rings. The summed E-state index contributed by atoms with van der Waals surface area (Å²) in [6.45, 7) is 1.72. The van der Waals surface area contributed by atoms with E-state index in [2.05, 4.69) is 10.3 Å². The van der Waals surface area contributed by atoms with Gasteiger partial charge in [-0.3, -0.25) is 9.78 Å². The molecule has 0 aliphatic carbocycles. The second kappa shape index (κ2) is 7.31. The summed E-state index contributed by atoms with van der Waals surface area (Å²) in [6.07, 6.45) is 0.151. The molecule has 0 saturated carbocycles. The van der Waals surface area contributed by atoms with E-state index in [0.29, 0.717) is 16.6 Å². The summed E-state index contributed by atoms with van der Waals surface area (Å²) in [7, 11) is 0. The lowest BCUT2D eigenvalue weighted by atomic mass is 10.0. The van der Waals surface area contributed by atoms with Crippen LogP contribution in [0.2, 0.25) is 0 Å². The highest BCUT2D eigenvalue weighted by Gasteiger charge is 2.22. The molecule has 6 heteroatoms. The zero-order valence-electron chi connectivity index (χ0n) is 14.1. The van der Waals surface area contributed by atoms with Crippen molar-refractivity contribution in [1.82, 2.24) is 10.3 Å². The zero-order chi connectivity index (χ0) is 18.7. The van der Waals surface area contributed by atoms with Crippen LogP contribution in [0.3, 0.4) is 0 Å². The molecule has 0 radical (unpaired) electrons. The largest absolute Gasteiger partial charge is 0.480 e. The summed E-state index contributed by atoms with van der Waals surface area (Å²) >= 11 is 0. The molecule has 0 saturated heterocycles. The Kier molecular flexibility index (Phi) is 4.93. The second-order valence-electron chi connectivity index (χ2n) is 6.03. The van der Waals surface area contributed by atoms with Gasteiger partial charge in [0.25, 0.3) is 5.91 Å². The maximum absolute atomic E-state index is 13.6. The predicted molar refractivity (Wildman–Crippen MR) is 95.5 cm³/mol. The van der Waals surface area contributed by atoms with Crippen LogP contribution in [-0.2, 0) is 11.2 Å². The number of hydrogen-bond acceptors (Lipinski definition) is 3. The number of carbonyl (C=O) groups is 2. The number of nitrogens with zero attached hydrogens (tertiary/aromatic N) is 1. The van der Waals surface area contributed by atoms with Gasteiger partial charge in [-0.1, -0.05) is 30.3 Å². The average Bonchev–Trinajstić information content (AvgIpc) is 2.61. The first-order chi connectivity index (χ1) is 12.4. The van der Waals surface area contributed by atoms with Crippen molar-refractivity contribution < 1.29 is 19.1 Å². The number of aryl methyl sites for hydroxylation is 1. The van der Waals surface area contributed by atoms with Crippen molar-refractivity contribution in [2.45, 2.75) is 19.4 Å². The SMILES string of the molecule is Cc1cc(C(=O)NC(Cc2ccccc2)C(=O)O)c2cc(F)ccc2n1. The second-order valence-corrected chi connectivity index (χ2v) is 6.03. The quantitative estimate of drug-likeness (QED) is 0.739.